The molecular weight excluding hydrogens is 432 g/mol. The lowest BCUT2D eigenvalue weighted by Crippen LogP contribution is -2.48. The molecule has 0 saturated carbocycles. The van der Waals surface area contributed by atoms with Crippen LogP contribution in [0.2, 0.25) is 0 Å². The highest BCUT2D eigenvalue weighted by atomic mass is 16.6. The van der Waals surface area contributed by atoms with Gasteiger partial charge < -0.3 is 18.9 Å². The summed E-state index contributed by atoms with van der Waals surface area (Å²) in [6.07, 6.45) is 1.96. The van der Waals surface area contributed by atoms with Crippen molar-refractivity contribution in [2.24, 2.45) is 5.41 Å². The van der Waals surface area contributed by atoms with Gasteiger partial charge in [0.2, 0.25) is 0 Å². The number of hydrogen-bond acceptors (Lipinski definition) is 5. The maximum absolute atomic E-state index is 13.0. The normalized spacial score (nSPS) is 15.9. The molecule has 0 unspecified atom stereocenters. The zero-order valence-electron chi connectivity index (χ0n) is 21.4. The van der Waals surface area contributed by atoms with Crippen LogP contribution in [0.25, 0.3) is 10.9 Å². The first-order valence-electron chi connectivity index (χ1n) is 12.2. The summed E-state index contributed by atoms with van der Waals surface area (Å²) in [5, 5.41) is 1.07. The fourth-order valence-electron chi connectivity index (χ4n) is 4.75. The number of benzene rings is 1. The zero-order valence-corrected chi connectivity index (χ0v) is 21.4. The van der Waals surface area contributed by atoms with Crippen LogP contribution in [0.5, 0.6) is 0 Å². The second-order valence-corrected chi connectivity index (χ2v) is 10.4. The van der Waals surface area contributed by atoms with E-state index in [2.05, 4.69) is 12.1 Å². The molecular formula is C27H38N2O5. The van der Waals surface area contributed by atoms with Gasteiger partial charge in [0.05, 0.1) is 17.5 Å². The van der Waals surface area contributed by atoms with Gasteiger partial charge in [0, 0.05) is 31.1 Å². The summed E-state index contributed by atoms with van der Waals surface area (Å²) in [6, 6.07) is 7.84. The Bertz CT molecular complexity index is 1100. The Morgan fingerprint density at radius 3 is 2.38 bits per heavy atom. The van der Waals surface area contributed by atoms with E-state index < -0.39 is 11.0 Å². The van der Waals surface area contributed by atoms with E-state index in [0.29, 0.717) is 51.9 Å². The van der Waals surface area contributed by atoms with E-state index in [1.165, 1.54) is 0 Å². The number of rotatable bonds is 6. The maximum Gasteiger partial charge on any atom is 0.410 e. The molecule has 3 rings (SSSR count). The predicted octanol–water partition coefficient (Wildman–Crippen LogP) is 4.98. The molecule has 1 fully saturated rings. The van der Waals surface area contributed by atoms with Crippen LogP contribution in [-0.2, 0) is 20.8 Å². The minimum atomic E-state index is -0.658. The van der Waals surface area contributed by atoms with Crippen LogP contribution < -0.4 is 5.56 Å². The SMILES string of the molecule is CCOC(=O)C1(CCCn2c(=O)cc(C)c3ccc(C)cc32)CCN(C(=O)OC(C)(C)C)CC1. The molecule has 0 spiro atoms. The molecule has 1 amide bonds. The maximum atomic E-state index is 13.0. The molecule has 1 aromatic carbocycles. The highest BCUT2D eigenvalue weighted by molar-refractivity contribution is 5.83. The molecule has 0 aliphatic carbocycles. The van der Waals surface area contributed by atoms with Gasteiger partial charge in [-0.15, -0.1) is 0 Å². The number of piperidine rings is 1. The molecule has 1 saturated heterocycles. The van der Waals surface area contributed by atoms with Gasteiger partial charge in [-0.2, -0.15) is 0 Å². The minimum Gasteiger partial charge on any atom is -0.466 e. The van der Waals surface area contributed by atoms with E-state index in [1.54, 1.807) is 11.0 Å². The van der Waals surface area contributed by atoms with Crippen LogP contribution in [0, 0.1) is 19.3 Å². The number of amides is 1. The van der Waals surface area contributed by atoms with Gasteiger partial charge >= 0.3 is 12.1 Å². The number of aromatic nitrogens is 1. The lowest BCUT2D eigenvalue weighted by atomic mass is 9.74. The summed E-state index contributed by atoms with van der Waals surface area (Å²) in [5.74, 6) is -0.212. The van der Waals surface area contributed by atoms with E-state index >= 15 is 0 Å². The number of fused-ring (bicyclic) bond motifs is 1. The number of likely N-dealkylation sites (tertiary alicyclic amines) is 1. The first-order valence-corrected chi connectivity index (χ1v) is 12.2. The molecule has 0 atom stereocenters. The van der Waals surface area contributed by atoms with Gasteiger partial charge in [-0.05, 0) is 84.4 Å². The third kappa shape index (κ3) is 5.80. The number of esters is 1. The van der Waals surface area contributed by atoms with Crippen LogP contribution >= 0.6 is 0 Å². The van der Waals surface area contributed by atoms with Crippen molar-refractivity contribution in [2.45, 2.75) is 79.4 Å². The standard InChI is InChI=1S/C27H38N2O5/c1-7-33-24(31)27(12-15-28(16-13-27)25(32)34-26(4,5)6)11-8-14-29-22-17-19(2)9-10-21(22)20(3)18-23(29)30/h9-10,17-18H,7-8,11-16H2,1-6H3. The van der Waals surface area contributed by atoms with Gasteiger partial charge in [-0.1, -0.05) is 12.1 Å². The lowest BCUT2D eigenvalue weighted by Gasteiger charge is -2.40. The summed E-state index contributed by atoms with van der Waals surface area (Å²) in [7, 11) is 0. The Morgan fingerprint density at radius 2 is 1.76 bits per heavy atom. The van der Waals surface area contributed by atoms with E-state index in [9.17, 15) is 14.4 Å². The number of pyridine rings is 1. The van der Waals surface area contributed by atoms with E-state index in [0.717, 1.165) is 22.0 Å². The molecule has 0 N–H and O–H groups in total. The van der Waals surface area contributed by atoms with Crippen LogP contribution in [0.15, 0.2) is 29.1 Å². The molecule has 7 heteroatoms. The molecule has 0 radical (unpaired) electrons. The highest BCUT2D eigenvalue weighted by Gasteiger charge is 2.43. The van der Waals surface area contributed by atoms with Gasteiger partial charge in [0.15, 0.2) is 0 Å². The summed E-state index contributed by atoms with van der Waals surface area (Å²) in [4.78, 5) is 40.0. The molecule has 0 bridgehead atoms. The van der Waals surface area contributed by atoms with Crippen molar-refractivity contribution in [3.63, 3.8) is 0 Å². The first kappa shape index (κ1) is 25.8. The minimum absolute atomic E-state index is 0.0273. The van der Waals surface area contributed by atoms with Crippen LogP contribution in [0.4, 0.5) is 4.79 Å². The molecule has 34 heavy (non-hydrogen) atoms. The van der Waals surface area contributed by atoms with Crippen molar-refractivity contribution in [1.82, 2.24) is 9.47 Å². The van der Waals surface area contributed by atoms with Crippen molar-refractivity contribution in [2.75, 3.05) is 19.7 Å². The largest absolute Gasteiger partial charge is 0.466 e. The number of ether oxygens (including phenoxy) is 2. The van der Waals surface area contributed by atoms with Gasteiger partial charge in [0.1, 0.15) is 5.60 Å². The summed E-state index contributed by atoms with van der Waals surface area (Å²) >= 11 is 0. The Hall–Kier alpha value is -2.83. The topological polar surface area (TPSA) is 77.8 Å². The fourth-order valence-corrected chi connectivity index (χ4v) is 4.75. The summed E-state index contributed by atoms with van der Waals surface area (Å²) in [6.45, 7) is 13.0. The molecule has 186 valence electrons. The average Bonchev–Trinajstić information content (AvgIpc) is 2.75. The number of aryl methyl sites for hydroxylation is 3. The Kier molecular flexibility index (Phi) is 7.74. The summed E-state index contributed by atoms with van der Waals surface area (Å²) < 4.78 is 12.8. The Labute approximate surface area is 202 Å². The molecule has 1 aliphatic rings. The van der Waals surface area contributed by atoms with Crippen molar-refractivity contribution < 1.29 is 19.1 Å². The Morgan fingerprint density at radius 1 is 1.09 bits per heavy atom. The summed E-state index contributed by atoms with van der Waals surface area (Å²) in [5.41, 5.74) is 1.75. The van der Waals surface area contributed by atoms with Gasteiger partial charge in [-0.25, -0.2) is 4.79 Å². The Balaban J connectivity index is 1.75. The van der Waals surface area contributed by atoms with Crippen LogP contribution in [0.3, 0.4) is 0 Å². The van der Waals surface area contributed by atoms with Crippen LogP contribution in [-0.4, -0.2) is 46.8 Å². The van der Waals surface area contributed by atoms with Gasteiger partial charge in [0.25, 0.3) is 5.56 Å². The number of carbonyl (C=O) groups is 2. The number of hydrogen-bond donors (Lipinski definition) is 0. The van der Waals surface area contributed by atoms with E-state index in [4.69, 9.17) is 9.47 Å². The van der Waals surface area contributed by atoms with Gasteiger partial charge in [-0.3, -0.25) is 9.59 Å². The zero-order chi connectivity index (χ0) is 25.1. The van der Waals surface area contributed by atoms with Crippen LogP contribution in [0.1, 0.15) is 64.5 Å². The fraction of sp³-hybridized carbons (Fsp3) is 0.593. The van der Waals surface area contributed by atoms with E-state index in [1.807, 2.05) is 52.2 Å². The molecule has 1 aliphatic heterocycles. The third-order valence-corrected chi connectivity index (χ3v) is 6.59. The second kappa shape index (κ2) is 10.2. The first-order chi connectivity index (χ1) is 16.0. The average molecular weight is 471 g/mol. The molecule has 2 aromatic rings. The molecule has 7 nitrogen and oxygen atoms in total. The quantitative estimate of drug-likeness (QED) is 0.557. The number of carbonyl (C=O) groups excluding carboxylic acids is 2. The monoisotopic (exact) mass is 470 g/mol. The van der Waals surface area contributed by atoms with E-state index in [-0.39, 0.29) is 17.6 Å². The van der Waals surface area contributed by atoms with Crippen molar-refractivity contribution in [3.8, 4) is 0 Å². The second-order valence-electron chi connectivity index (χ2n) is 10.4. The third-order valence-electron chi connectivity index (χ3n) is 6.59. The van der Waals surface area contributed by atoms with Crippen molar-refractivity contribution >= 4 is 23.0 Å². The lowest BCUT2D eigenvalue weighted by molar-refractivity contribution is -0.159. The molecule has 2 heterocycles. The smallest absolute Gasteiger partial charge is 0.410 e. The number of nitrogens with zero attached hydrogens (tertiary/aromatic N) is 2. The molecule has 1 aromatic heterocycles. The van der Waals surface area contributed by atoms with Crippen molar-refractivity contribution in [3.05, 3.63) is 45.7 Å². The highest BCUT2D eigenvalue weighted by Crippen LogP contribution is 2.38. The predicted molar refractivity (Wildman–Crippen MR) is 133 cm³/mol. The van der Waals surface area contributed by atoms with Crippen molar-refractivity contribution in [1.29, 1.82) is 0 Å².